The Morgan fingerprint density at radius 1 is 1.19 bits per heavy atom. The summed E-state index contributed by atoms with van der Waals surface area (Å²) in [6, 6.07) is 15.8. The van der Waals surface area contributed by atoms with Crippen LogP contribution in [-0.4, -0.2) is 27.1 Å². The van der Waals surface area contributed by atoms with Crippen LogP contribution in [0.15, 0.2) is 48.5 Å². The fourth-order valence-electron chi connectivity index (χ4n) is 3.94. The molecule has 0 aromatic heterocycles. The molecule has 5 nitrogen and oxygen atoms in total. The Kier molecular flexibility index (Phi) is 4.68. The van der Waals surface area contributed by atoms with Gasteiger partial charge in [0.15, 0.2) is 0 Å². The normalized spacial score (nSPS) is 17.4. The lowest BCUT2D eigenvalue weighted by atomic mass is 9.91. The predicted octanol–water partition coefficient (Wildman–Crippen LogP) is 3.53. The second-order valence-electron chi connectivity index (χ2n) is 7.54. The number of hydrogen-bond donors (Lipinski definition) is 1. The zero-order valence-electron chi connectivity index (χ0n) is 15.4. The number of amides is 1. The smallest absolute Gasteiger partial charge is 0.232 e. The van der Waals surface area contributed by atoms with Crippen molar-refractivity contribution in [2.24, 2.45) is 5.92 Å². The largest absolute Gasteiger partial charge is 0.326 e. The van der Waals surface area contributed by atoms with Crippen molar-refractivity contribution in [1.82, 2.24) is 0 Å². The Morgan fingerprint density at radius 3 is 2.59 bits per heavy atom. The van der Waals surface area contributed by atoms with Gasteiger partial charge in [-0.2, -0.15) is 0 Å². The van der Waals surface area contributed by atoms with E-state index in [0.717, 1.165) is 5.56 Å². The minimum Gasteiger partial charge on any atom is -0.326 e. The van der Waals surface area contributed by atoms with Crippen molar-refractivity contribution < 1.29 is 13.2 Å². The van der Waals surface area contributed by atoms with Crippen molar-refractivity contribution in [1.29, 1.82) is 0 Å². The molecule has 1 saturated carbocycles. The van der Waals surface area contributed by atoms with Gasteiger partial charge in [0.2, 0.25) is 15.9 Å². The maximum atomic E-state index is 12.7. The molecule has 0 bridgehead atoms. The summed E-state index contributed by atoms with van der Waals surface area (Å²) < 4.78 is 25.3. The van der Waals surface area contributed by atoms with Crippen LogP contribution in [0.1, 0.15) is 36.3 Å². The number of benzene rings is 2. The molecule has 1 atom stereocenters. The van der Waals surface area contributed by atoms with Crippen LogP contribution in [-0.2, 0) is 21.2 Å². The van der Waals surface area contributed by atoms with Crippen molar-refractivity contribution in [3.05, 3.63) is 59.7 Å². The molecule has 1 amide bonds. The summed E-state index contributed by atoms with van der Waals surface area (Å²) in [5.41, 5.74) is 3.54. The van der Waals surface area contributed by atoms with Crippen molar-refractivity contribution in [2.75, 3.05) is 22.4 Å². The molecule has 2 aromatic rings. The lowest BCUT2D eigenvalue weighted by Gasteiger charge is -2.18. The topological polar surface area (TPSA) is 66.5 Å². The van der Waals surface area contributed by atoms with Gasteiger partial charge in [0.1, 0.15) is 0 Å². The molecule has 27 heavy (non-hydrogen) atoms. The highest BCUT2D eigenvalue weighted by Crippen LogP contribution is 2.44. The lowest BCUT2D eigenvalue weighted by molar-refractivity contribution is -0.116. The first-order chi connectivity index (χ1) is 12.9. The summed E-state index contributed by atoms with van der Waals surface area (Å²) in [4.78, 5) is 12.7. The van der Waals surface area contributed by atoms with Crippen molar-refractivity contribution in [3.63, 3.8) is 0 Å². The van der Waals surface area contributed by atoms with E-state index in [1.165, 1.54) is 29.0 Å². The van der Waals surface area contributed by atoms with Crippen molar-refractivity contribution in [2.45, 2.75) is 31.6 Å². The average Bonchev–Trinajstić information content (AvgIpc) is 3.38. The van der Waals surface area contributed by atoms with Crippen LogP contribution in [0.4, 0.5) is 11.4 Å². The Balaban J connectivity index is 1.49. The second-order valence-corrected chi connectivity index (χ2v) is 9.44. The van der Waals surface area contributed by atoms with Gasteiger partial charge in [0, 0.05) is 18.7 Å². The van der Waals surface area contributed by atoms with Crippen LogP contribution < -0.4 is 9.62 Å². The Morgan fingerprint density at radius 2 is 1.93 bits per heavy atom. The van der Waals surface area contributed by atoms with E-state index in [2.05, 4.69) is 17.4 Å². The zero-order valence-corrected chi connectivity index (χ0v) is 16.2. The van der Waals surface area contributed by atoms with E-state index in [4.69, 9.17) is 0 Å². The molecule has 0 spiro atoms. The molecular weight excluding hydrogens is 360 g/mol. The number of nitrogens with zero attached hydrogens (tertiary/aromatic N) is 1. The van der Waals surface area contributed by atoms with Crippen molar-refractivity contribution in [3.8, 4) is 0 Å². The van der Waals surface area contributed by atoms with E-state index >= 15 is 0 Å². The van der Waals surface area contributed by atoms with Crippen LogP contribution in [0.25, 0.3) is 0 Å². The summed E-state index contributed by atoms with van der Waals surface area (Å²) in [7, 11) is -3.30. The maximum Gasteiger partial charge on any atom is 0.232 e. The van der Waals surface area contributed by atoms with Crippen LogP contribution in [0.5, 0.6) is 0 Å². The first-order valence-electron chi connectivity index (χ1n) is 9.37. The molecule has 0 radical (unpaired) electrons. The minimum absolute atomic E-state index is 0.0281. The molecule has 2 aromatic carbocycles. The van der Waals surface area contributed by atoms with Gasteiger partial charge in [-0.05, 0) is 54.4 Å². The fourth-order valence-corrected chi connectivity index (χ4v) is 4.89. The molecule has 0 saturated heterocycles. The highest BCUT2D eigenvalue weighted by Gasteiger charge is 2.33. The van der Waals surface area contributed by atoms with E-state index in [9.17, 15) is 13.2 Å². The van der Waals surface area contributed by atoms with Crippen LogP contribution in [0.2, 0.25) is 0 Å². The Hall–Kier alpha value is -2.34. The van der Waals surface area contributed by atoms with Crippen molar-refractivity contribution >= 4 is 27.3 Å². The Bertz CT molecular complexity index is 953. The maximum absolute atomic E-state index is 12.7. The van der Waals surface area contributed by atoms with E-state index in [1.807, 2.05) is 30.3 Å². The monoisotopic (exact) mass is 384 g/mol. The molecule has 1 aliphatic heterocycles. The summed E-state index contributed by atoms with van der Waals surface area (Å²) in [6.45, 7) is 0.462. The minimum atomic E-state index is -3.30. The molecule has 142 valence electrons. The third-order valence-electron chi connectivity index (χ3n) is 5.45. The van der Waals surface area contributed by atoms with Gasteiger partial charge in [0.25, 0.3) is 0 Å². The van der Waals surface area contributed by atoms with Crippen LogP contribution in [0, 0.1) is 5.92 Å². The molecule has 1 fully saturated rings. The van der Waals surface area contributed by atoms with Gasteiger partial charge in [-0.1, -0.05) is 36.4 Å². The number of anilines is 2. The van der Waals surface area contributed by atoms with Crippen LogP contribution in [0.3, 0.4) is 0 Å². The Labute approximate surface area is 160 Å². The summed E-state index contributed by atoms with van der Waals surface area (Å²) in [6.07, 6.45) is 4.72. The standard InChI is InChI=1S/C21H24N2O3S/c1-27(25,26)23-12-11-17-9-10-18(13-20(17)23)22-21(24)14-19(16-7-8-16)15-5-3-2-4-6-15/h2-6,9-10,13,16,19H,7-8,11-12,14H2,1H3,(H,22,24). The summed E-state index contributed by atoms with van der Waals surface area (Å²) in [5.74, 6) is 0.798. The quantitative estimate of drug-likeness (QED) is 0.828. The van der Waals surface area contributed by atoms with Crippen LogP contribution >= 0.6 is 0 Å². The number of carbonyl (C=O) groups excluding carboxylic acids is 1. The fraction of sp³-hybridized carbons (Fsp3) is 0.381. The number of fused-ring (bicyclic) bond motifs is 1. The SMILES string of the molecule is CS(=O)(=O)N1CCc2ccc(NC(=O)CC(c3ccccc3)C3CC3)cc21. The number of nitrogens with one attached hydrogen (secondary N) is 1. The second kappa shape index (κ2) is 7.00. The lowest BCUT2D eigenvalue weighted by Crippen LogP contribution is -2.27. The zero-order chi connectivity index (χ0) is 19.0. The molecule has 2 aliphatic rings. The van der Waals surface area contributed by atoms with Gasteiger partial charge in [0.05, 0.1) is 11.9 Å². The summed E-state index contributed by atoms with van der Waals surface area (Å²) in [5, 5.41) is 2.97. The van der Waals surface area contributed by atoms with Gasteiger partial charge in [-0.15, -0.1) is 0 Å². The molecule has 1 heterocycles. The number of carbonyl (C=O) groups is 1. The third kappa shape index (κ3) is 4.00. The number of rotatable bonds is 6. The van der Waals surface area contributed by atoms with Gasteiger partial charge in [-0.25, -0.2) is 8.42 Å². The number of sulfonamides is 1. The van der Waals surface area contributed by atoms with Gasteiger partial charge >= 0.3 is 0 Å². The number of hydrogen-bond acceptors (Lipinski definition) is 3. The first-order valence-corrected chi connectivity index (χ1v) is 11.2. The summed E-state index contributed by atoms with van der Waals surface area (Å²) >= 11 is 0. The third-order valence-corrected chi connectivity index (χ3v) is 6.63. The van der Waals surface area contributed by atoms with E-state index in [1.54, 1.807) is 6.07 Å². The van der Waals surface area contributed by atoms with Gasteiger partial charge in [-0.3, -0.25) is 9.10 Å². The molecule has 1 unspecified atom stereocenters. The molecule has 4 rings (SSSR count). The average molecular weight is 385 g/mol. The first kappa shape index (κ1) is 18.0. The van der Waals surface area contributed by atoms with E-state index < -0.39 is 10.0 Å². The predicted molar refractivity (Wildman–Crippen MR) is 107 cm³/mol. The van der Waals surface area contributed by atoms with E-state index in [0.29, 0.717) is 36.7 Å². The molecule has 1 aliphatic carbocycles. The molecule has 6 heteroatoms. The molecular formula is C21H24N2O3S. The highest BCUT2D eigenvalue weighted by molar-refractivity contribution is 7.92. The highest BCUT2D eigenvalue weighted by atomic mass is 32.2. The molecule has 1 N–H and O–H groups in total. The van der Waals surface area contributed by atoms with Gasteiger partial charge < -0.3 is 5.32 Å². The van der Waals surface area contributed by atoms with E-state index in [-0.39, 0.29) is 11.8 Å².